The normalized spacial score (nSPS) is 13.4. The number of nitro groups is 1. The van der Waals surface area contributed by atoms with E-state index in [0.717, 1.165) is 0 Å². The third kappa shape index (κ3) is 6.59. The second kappa shape index (κ2) is 5.09. The summed E-state index contributed by atoms with van der Waals surface area (Å²) < 4.78 is 5.15. The highest BCUT2D eigenvalue weighted by molar-refractivity contribution is 6.71. The van der Waals surface area contributed by atoms with E-state index in [4.69, 9.17) is 4.43 Å². The fourth-order valence-corrected chi connectivity index (χ4v) is 1.61. The first-order valence-electron chi connectivity index (χ1n) is 4.57. The highest BCUT2D eigenvalue weighted by atomic mass is 28.4. The van der Waals surface area contributed by atoms with Crippen LogP contribution in [0.1, 0.15) is 19.8 Å². The SMILES string of the molecule is CC(CCC(=O)O[Si](C)(C)C)[N+](=O)[O-]. The molecule has 0 radical (unpaired) electrons. The van der Waals surface area contributed by atoms with E-state index in [1.165, 1.54) is 6.92 Å². The van der Waals surface area contributed by atoms with Crippen LogP contribution < -0.4 is 0 Å². The molecule has 1 atom stereocenters. The van der Waals surface area contributed by atoms with Gasteiger partial charge in [-0.2, -0.15) is 0 Å². The minimum Gasteiger partial charge on any atom is -0.520 e. The van der Waals surface area contributed by atoms with Crippen molar-refractivity contribution in [2.45, 2.75) is 45.4 Å². The topological polar surface area (TPSA) is 69.4 Å². The molecule has 0 aliphatic carbocycles. The molecule has 0 spiro atoms. The van der Waals surface area contributed by atoms with E-state index in [0.29, 0.717) is 0 Å². The maximum atomic E-state index is 11.2. The van der Waals surface area contributed by atoms with Crippen LogP contribution in [0, 0.1) is 10.1 Å². The van der Waals surface area contributed by atoms with Crippen LogP contribution in [-0.2, 0) is 9.22 Å². The van der Waals surface area contributed by atoms with Gasteiger partial charge in [0, 0.05) is 18.3 Å². The van der Waals surface area contributed by atoms with Crippen molar-refractivity contribution < 1.29 is 14.1 Å². The third-order valence-electron chi connectivity index (χ3n) is 1.55. The van der Waals surface area contributed by atoms with Crippen LogP contribution >= 0.6 is 0 Å². The van der Waals surface area contributed by atoms with Crippen LogP contribution in [0.2, 0.25) is 19.6 Å². The first-order chi connectivity index (χ1) is 6.22. The lowest BCUT2D eigenvalue weighted by atomic mass is 10.2. The predicted molar refractivity (Wildman–Crippen MR) is 55.1 cm³/mol. The molecule has 0 aliphatic rings. The molecule has 0 aliphatic heterocycles. The quantitative estimate of drug-likeness (QED) is 0.401. The number of rotatable bonds is 5. The van der Waals surface area contributed by atoms with Crippen molar-refractivity contribution in [1.29, 1.82) is 0 Å². The van der Waals surface area contributed by atoms with Crippen LogP contribution in [0.5, 0.6) is 0 Å². The largest absolute Gasteiger partial charge is 0.520 e. The Bertz CT molecular complexity index is 224. The maximum Gasteiger partial charge on any atom is 0.292 e. The van der Waals surface area contributed by atoms with Crippen LogP contribution in [0.25, 0.3) is 0 Å². The molecule has 0 saturated carbocycles. The van der Waals surface area contributed by atoms with Crippen LogP contribution in [0.15, 0.2) is 0 Å². The van der Waals surface area contributed by atoms with E-state index in [2.05, 4.69) is 0 Å². The van der Waals surface area contributed by atoms with Crippen LogP contribution in [0.3, 0.4) is 0 Å². The second-order valence-corrected chi connectivity index (χ2v) is 8.69. The molecule has 6 heteroatoms. The molecule has 14 heavy (non-hydrogen) atoms. The van der Waals surface area contributed by atoms with Gasteiger partial charge < -0.3 is 4.43 Å². The van der Waals surface area contributed by atoms with Gasteiger partial charge in [0.25, 0.3) is 5.97 Å². The van der Waals surface area contributed by atoms with Crippen molar-refractivity contribution in [3.8, 4) is 0 Å². The summed E-state index contributed by atoms with van der Waals surface area (Å²) in [5.74, 6) is -0.321. The zero-order chi connectivity index (χ0) is 11.4. The Labute approximate surface area is 84.7 Å². The molecule has 0 bridgehead atoms. The predicted octanol–water partition coefficient (Wildman–Crippen LogP) is 1.81. The Balaban J connectivity index is 3.81. The Morgan fingerprint density at radius 1 is 1.50 bits per heavy atom. The van der Waals surface area contributed by atoms with Gasteiger partial charge in [-0.15, -0.1) is 0 Å². The average Bonchev–Trinajstić information content (AvgIpc) is 1.96. The summed E-state index contributed by atoms with van der Waals surface area (Å²) in [5.41, 5.74) is 0. The Hall–Kier alpha value is -0.913. The van der Waals surface area contributed by atoms with Crippen molar-refractivity contribution in [2.24, 2.45) is 0 Å². The van der Waals surface area contributed by atoms with Crippen molar-refractivity contribution in [3.05, 3.63) is 10.1 Å². The third-order valence-corrected chi connectivity index (χ3v) is 2.39. The van der Waals surface area contributed by atoms with Crippen LogP contribution in [-0.4, -0.2) is 25.3 Å². The minimum absolute atomic E-state index is 0.131. The maximum absolute atomic E-state index is 11.2. The summed E-state index contributed by atoms with van der Waals surface area (Å²) in [6.07, 6.45) is 0.378. The van der Waals surface area contributed by atoms with Crippen LogP contribution in [0.4, 0.5) is 0 Å². The highest BCUT2D eigenvalue weighted by Crippen LogP contribution is 2.07. The zero-order valence-electron chi connectivity index (χ0n) is 9.07. The van der Waals surface area contributed by atoms with Gasteiger partial charge >= 0.3 is 0 Å². The second-order valence-electron chi connectivity index (χ2n) is 4.26. The van der Waals surface area contributed by atoms with E-state index in [1.807, 2.05) is 19.6 Å². The van der Waals surface area contributed by atoms with Gasteiger partial charge in [0.05, 0.1) is 6.42 Å². The summed E-state index contributed by atoms with van der Waals surface area (Å²) in [6.45, 7) is 7.20. The highest BCUT2D eigenvalue weighted by Gasteiger charge is 2.21. The molecule has 0 N–H and O–H groups in total. The standard InChI is InChI=1S/C8H17NO4Si/c1-7(9(11)12)5-6-8(10)13-14(2,3)4/h7H,5-6H2,1-4H3. The fourth-order valence-electron chi connectivity index (χ4n) is 0.825. The van der Waals surface area contributed by atoms with Gasteiger partial charge in [0.2, 0.25) is 14.4 Å². The first kappa shape index (κ1) is 13.1. The molecule has 5 nitrogen and oxygen atoms in total. The van der Waals surface area contributed by atoms with E-state index < -0.39 is 14.4 Å². The van der Waals surface area contributed by atoms with Gasteiger partial charge in [0.1, 0.15) is 0 Å². The van der Waals surface area contributed by atoms with E-state index in [9.17, 15) is 14.9 Å². The molecule has 82 valence electrons. The molecule has 0 aromatic carbocycles. The van der Waals surface area contributed by atoms with Crippen molar-refractivity contribution in [2.75, 3.05) is 0 Å². The average molecular weight is 219 g/mol. The number of carbonyl (C=O) groups is 1. The van der Waals surface area contributed by atoms with E-state index in [-0.39, 0.29) is 23.7 Å². The van der Waals surface area contributed by atoms with E-state index >= 15 is 0 Å². The van der Waals surface area contributed by atoms with Crippen molar-refractivity contribution in [3.63, 3.8) is 0 Å². The summed E-state index contributed by atoms with van der Waals surface area (Å²) >= 11 is 0. The molecule has 0 aromatic rings. The summed E-state index contributed by atoms with van der Waals surface area (Å²) in [6, 6.07) is -0.677. The molecule has 0 amide bonds. The minimum atomic E-state index is -1.84. The van der Waals surface area contributed by atoms with Gasteiger partial charge in [0.15, 0.2) is 0 Å². The Kier molecular flexibility index (Phi) is 4.76. The smallest absolute Gasteiger partial charge is 0.292 e. The Morgan fingerprint density at radius 2 is 2.00 bits per heavy atom. The van der Waals surface area contributed by atoms with E-state index in [1.54, 1.807) is 0 Å². The molecular weight excluding hydrogens is 202 g/mol. The molecule has 0 rings (SSSR count). The number of hydrogen-bond donors (Lipinski definition) is 0. The molecular formula is C8H17NO4Si. The lowest BCUT2D eigenvalue weighted by Gasteiger charge is -2.17. The van der Waals surface area contributed by atoms with Gasteiger partial charge in [-0.3, -0.25) is 14.9 Å². The zero-order valence-corrected chi connectivity index (χ0v) is 10.1. The number of hydrogen-bond acceptors (Lipinski definition) is 4. The van der Waals surface area contributed by atoms with Crippen molar-refractivity contribution >= 4 is 14.3 Å². The lowest BCUT2D eigenvalue weighted by Crippen LogP contribution is -2.29. The first-order valence-corrected chi connectivity index (χ1v) is 7.98. The van der Waals surface area contributed by atoms with Gasteiger partial charge in [-0.05, 0) is 19.6 Å². The summed E-state index contributed by atoms with van der Waals surface area (Å²) in [4.78, 5) is 21.0. The molecule has 0 aromatic heterocycles. The Morgan fingerprint density at radius 3 is 2.36 bits per heavy atom. The lowest BCUT2D eigenvalue weighted by molar-refractivity contribution is -0.518. The monoisotopic (exact) mass is 219 g/mol. The van der Waals surface area contributed by atoms with Gasteiger partial charge in [-0.1, -0.05) is 0 Å². The molecule has 0 fully saturated rings. The van der Waals surface area contributed by atoms with Gasteiger partial charge in [-0.25, -0.2) is 0 Å². The molecule has 0 heterocycles. The fraction of sp³-hybridized carbons (Fsp3) is 0.875. The summed E-state index contributed by atoms with van der Waals surface area (Å²) in [5, 5.41) is 10.3. The molecule has 0 saturated heterocycles. The number of carbonyl (C=O) groups excluding carboxylic acids is 1. The number of nitrogens with zero attached hydrogens (tertiary/aromatic N) is 1. The van der Waals surface area contributed by atoms with Crippen molar-refractivity contribution in [1.82, 2.24) is 0 Å². The molecule has 1 unspecified atom stereocenters. The summed E-state index contributed by atoms with van der Waals surface area (Å²) in [7, 11) is -1.84.